The van der Waals surface area contributed by atoms with Crippen molar-refractivity contribution in [1.29, 1.82) is 0 Å². The molecule has 4 heteroatoms. The fourth-order valence-electron chi connectivity index (χ4n) is 1.45. The van der Waals surface area contributed by atoms with Gasteiger partial charge in [0.25, 0.3) is 0 Å². The van der Waals surface area contributed by atoms with E-state index in [4.69, 9.17) is 11.6 Å². The quantitative estimate of drug-likeness (QED) is 0.561. The Morgan fingerprint density at radius 3 is 2.50 bits per heavy atom. The average molecular weight is 342 g/mol. The summed E-state index contributed by atoms with van der Waals surface area (Å²) in [7, 11) is 0. The van der Waals surface area contributed by atoms with E-state index in [-0.39, 0.29) is 0 Å². The summed E-state index contributed by atoms with van der Waals surface area (Å²) in [6.07, 6.45) is 0.846. The number of carbonyl (C=O) groups excluding carboxylic acids is 1. The van der Waals surface area contributed by atoms with Gasteiger partial charge in [0.2, 0.25) is 0 Å². The molecule has 92 valence electrons. The van der Waals surface area contributed by atoms with Crippen LogP contribution in [0, 0.1) is 0 Å². The summed E-state index contributed by atoms with van der Waals surface area (Å²) < 4.78 is 0.950. The molecule has 0 radical (unpaired) electrons. The third-order valence-electron chi connectivity index (χ3n) is 2.40. The Balaban J connectivity index is 2.06. The molecule has 2 rings (SSSR count). The molecule has 0 amide bonds. The predicted octanol–water partition coefficient (Wildman–Crippen LogP) is 5.21. The minimum atomic E-state index is 0.678. The molecule has 0 fully saturated rings. The fraction of sp³-hybridized carbons (Fsp3) is 0.0714. The minimum Gasteiger partial charge on any atom is -0.298 e. The lowest BCUT2D eigenvalue weighted by molar-refractivity contribution is 0.112. The molecule has 0 bridgehead atoms. The van der Waals surface area contributed by atoms with Crippen LogP contribution in [0.3, 0.4) is 0 Å². The fourth-order valence-corrected chi connectivity index (χ4v) is 3.19. The maximum absolute atomic E-state index is 10.6. The average Bonchev–Trinajstić information content (AvgIpc) is 2.39. The zero-order valence-electron chi connectivity index (χ0n) is 9.40. The first kappa shape index (κ1) is 13.7. The highest BCUT2D eigenvalue weighted by atomic mass is 79.9. The highest BCUT2D eigenvalue weighted by Crippen LogP contribution is 2.30. The number of benzene rings is 2. The van der Waals surface area contributed by atoms with Crippen LogP contribution in [-0.2, 0) is 5.75 Å². The van der Waals surface area contributed by atoms with Gasteiger partial charge in [0, 0.05) is 25.7 Å². The van der Waals surface area contributed by atoms with Crippen molar-refractivity contribution in [3.05, 3.63) is 63.1 Å². The minimum absolute atomic E-state index is 0.678. The van der Waals surface area contributed by atoms with Gasteiger partial charge in [0.05, 0.1) is 0 Å². The lowest BCUT2D eigenvalue weighted by Gasteiger charge is -2.05. The molecule has 0 N–H and O–H groups in total. The van der Waals surface area contributed by atoms with Gasteiger partial charge in [-0.3, -0.25) is 4.79 Å². The van der Waals surface area contributed by atoms with Crippen molar-refractivity contribution in [2.75, 3.05) is 0 Å². The van der Waals surface area contributed by atoms with Gasteiger partial charge < -0.3 is 0 Å². The summed E-state index contributed by atoms with van der Waals surface area (Å²) in [4.78, 5) is 11.8. The molecule has 0 aliphatic rings. The number of thioether (sulfide) groups is 1. The Morgan fingerprint density at radius 1 is 1.17 bits per heavy atom. The van der Waals surface area contributed by atoms with Crippen LogP contribution in [-0.4, -0.2) is 6.29 Å². The molecular formula is C14H10BrClOS. The number of hydrogen-bond acceptors (Lipinski definition) is 2. The van der Waals surface area contributed by atoms with E-state index in [0.29, 0.717) is 5.56 Å². The number of aldehydes is 1. The zero-order valence-corrected chi connectivity index (χ0v) is 12.6. The molecule has 0 saturated heterocycles. The summed E-state index contributed by atoms with van der Waals surface area (Å²) in [6.45, 7) is 0. The molecule has 0 aromatic heterocycles. The molecule has 18 heavy (non-hydrogen) atoms. The Kier molecular flexibility index (Phi) is 4.87. The third kappa shape index (κ3) is 3.61. The zero-order chi connectivity index (χ0) is 13.0. The monoisotopic (exact) mass is 340 g/mol. The maximum Gasteiger partial charge on any atom is 0.150 e. The van der Waals surface area contributed by atoms with Crippen molar-refractivity contribution in [2.45, 2.75) is 10.6 Å². The van der Waals surface area contributed by atoms with E-state index in [2.05, 4.69) is 15.9 Å². The molecule has 1 nitrogen and oxygen atoms in total. The second-order valence-electron chi connectivity index (χ2n) is 3.72. The molecular weight excluding hydrogens is 332 g/mol. The molecule has 0 unspecified atom stereocenters. The Morgan fingerprint density at radius 2 is 1.89 bits per heavy atom. The number of carbonyl (C=O) groups is 1. The second-order valence-corrected chi connectivity index (χ2v) is 6.03. The molecule has 0 atom stereocenters. The first-order valence-corrected chi connectivity index (χ1v) is 7.46. The van der Waals surface area contributed by atoms with Crippen LogP contribution >= 0.6 is 39.3 Å². The van der Waals surface area contributed by atoms with Gasteiger partial charge in [-0.2, -0.15) is 0 Å². The smallest absolute Gasteiger partial charge is 0.150 e. The second kappa shape index (κ2) is 6.41. The molecule has 0 heterocycles. The van der Waals surface area contributed by atoms with E-state index in [1.54, 1.807) is 11.8 Å². The van der Waals surface area contributed by atoms with Crippen LogP contribution < -0.4 is 0 Å². The van der Waals surface area contributed by atoms with Crippen LogP contribution in [0.5, 0.6) is 0 Å². The van der Waals surface area contributed by atoms with Crippen LogP contribution in [0.15, 0.2) is 51.8 Å². The molecule has 0 aliphatic heterocycles. The van der Waals surface area contributed by atoms with Gasteiger partial charge in [0.1, 0.15) is 6.29 Å². The lowest BCUT2D eigenvalue weighted by Crippen LogP contribution is -1.84. The molecule has 2 aromatic rings. The summed E-state index contributed by atoms with van der Waals surface area (Å²) in [5.74, 6) is 0.871. The van der Waals surface area contributed by atoms with Gasteiger partial charge in [-0.15, -0.1) is 11.8 Å². The van der Waals surface area contributed by atoms with Crippen molar-refractivity contribution in [2.24, 2.45) is 0 Å². The summed E-state index contributed by atoms with van der Waals surface area (Å²) in [6, 6.07) is 13.4. The van der Waals surface area contributed by atoms with E-state index >= 15 is 0 Å². The summed E-state index contributed by atoms with van der Waals surface area (Å²) in [5, 5.41) is 0.750. The first-order valence-electron chi connectivity index (χ1n) is 5.31. The number of rotatable bonds is 4. The SMILES string of the molecule is O=Cc1ccc(SCc2ccc(Cl)cc2)c(Br)c1. The van der Waals surface area contributed by atoms with Crippen molar-refractivity contribution in [3.8, 4) is 0 Å². The number of hydrogen-bond donors (Lipinski definition) is 0. The van der Waals surface area contributed by atoms with Crippen molar-refractivity contribution in [3.63, 3.8) is 0 Å². The van der Waals surface area contributed by atoms with E-state index < -0.39 is 0 Å². The van der Waals surface area contributed by atoms with Gasteiger partial charge in [-0.1, -0.05) is 29.8 Å². The molecule has 2 aromatic carbocycles. The van der Waals surface area contributed by atoms with E-state index in [9.17, 15) is 4.79 Å². The highest BCUT2D eigenvalue weighted by molar-refractivity contribution is 9.10. The Hall–Kier alpha value is -0.770. The lowest BCUT2D eigenvalue weighted by atomic mass is 10.2. The van der Waals surface area contributed by atoms with Gasteiger partial charge in [0.15, 0.2) is 0 Å². The Bertz CT molecular complexity index is 554. The van der Waals surface area contributed by atoms with Crippen molar-refractivity contribution < 1.29 is 4.79 Å². The van der Waals surface area contributed by atoms with Gasteiger partial charge in [-0.05, 0) is 45.8 Å². The van der Waals surface area contributed by atoms with Crippen molar-refractivity contribution in [1.82, 2.24) is 0 Å². The highest BCUT2D eigenvalue weighted by Gasteiger charge is 2.03. The normalized spacial score (nSPS) is 10.3. The predicted molar refractivity (Wildman–Crippen MR) is 80.5 cm³/mol. The van der Waals surface area contributed by atoms with E-state index in [1.807, 2.05) is 42.5 Å². The topological polar surface area (TPSA) is 17.1 Å². The van der Waals surface area contributed by atoms with E-state index in [0.717, 1.165) is 26.4 Å². The number of halogens is 2. The van der Waals surface area contributed by atoms with Crippen LogP contribution in [0.4, 0.5) is 0 Å². The Labute approximate surface area is 124 Å². The third-order valence-corrected chi connectivity index (χ3v) is 4.71. The van der Waals surface area contributed by atoms with Gasteiger partial charge >= 0.3 is 0 Å². The summed E-state index contributed by atoms with van der Waals surface area (Å²) >= 11 is 11.0. The standard InChI is InChI=1S/C14H10BrClOS/c15-13-7-11(8-17)3-6-14(13)18-9-10-1-4-12(16)5-2-10/h1-8H,9H2. The summed E-state index contributed by atoms with van der Waals surface area (Å²) in [5.41, 5.74) is 1.90. The molecule has 0 aliphatic carbocycles. The van der Waals surface area contributed by atoms with E-state index in [1.165, 1.54) is 5.56 Å². The van der Waals surface area contributed by atoms with Crippen LogP contribution in [0.2, 0.25) is 5.02 Å². The largest absolute Gasteiger partial charge is 0.298 e. The van der Waals surface area contributed by atoms with Gasteiger partial charge in [-0.25, -0.2) is 0 Å². The van der Waals surface area contributed by atoms with Crippen molar-refractivity contribution >= 4 is 45.6 Å². The first-order chi connectivity index (χ1) is 8.69. The maximum atomic E-state index is 10.6. The molecule has 0 spiro atoms. The van der Waals surface area contributed by atoms with Crippen LogP contribution in [0.25, 0.3) is 0 Å². The van der Waals surface area contributed by atoms with Crippen LogP contribution in [0.1, 0.15) is 15.9 Å². The molecule has 0 saturated carbocycles.